The van der Waals surface area contributed by atoms with Crippen molar-refractivity contribution >= 4 is 24.4 Å². The smallest absolute Gasteiger partial charge is 0.345 e. The molecule has 0 aliphatic carbocycles. The third-order valence-corrected chi connectivity index (χ3v) is 3.83. The lowest BCUT2D eigenvalue weighted by molar-refractivity contribution is -0.402. The van der Waals surface area contributed by atoms with E-state index in [2.05, 4.69) is 11.5 Å². The molecule has 1 aliphatic rings. The van der Waals surface area contributed by atoms with E-state index in [4.69, 9.17) is 4.74 Å². The van der Waals surface area contributed by atoms with Crippen LogP contribution in [0.2, 0.25) is 0 Å². The van der Waals surface area contributed by atoms with Gasteiger partial charge in [0.25, 0.3) is 0 Å². The van der Waals surface area contributed by atoms with E-state index in [-0.39, 0.29) is 22.4 Å². The number of benzene rings is 1. The van der Waals surface area contributed by atoms with Gasteiger partial charge in [0.1, 0.15) is 18.0 Å². The molecule has 2 rings (SSSR count). The minimum Gasteiger partial charge on any atom is -0.507 e. The van der Waals surface area contributed by atoms with Crippen LogP contribution in [0.15, 0.2) is 46.8 Å². The van der Waals surface area contributed by atoms with Gasteiger partial charge in [0.05, 0.1) is 20.3 Å². The number of hydrogen-bond acceptors (Lipinski definition) is 5. The van der Waals surface area contributed by atoms with Gasteiger partial charge in [-0.1, -0.05) is 0 Å². The fraction of sp³-hybridized carbons (Fsp3) is 0.167. The number of aliphatic hydroxyl groups is 1. The highest BCUT2D eigenvalue weighted by molar-refractivity contribution is 6.08. The summed E-state index contributed by atoms with van der Waals surface area (Å²) >= 11 is 0. The quantitative estimate of drug-likeness (QED) is 0.505. The van der Waals surface area contributed by atoms with E-state index in [0.717, 1.165) is 38.5 Å². The Kier molecular flexibility index (Phi) is 5.35. The third-order valence-electron chi connectivity index (χ3n) is 3.83. The molecule has 0 fully saturated rings. The number of ether oxygens (including phenoxy) is 2. The van der Waals surface area contributed by atoms with E-state index < -0.39 is 29.3 Å². The summed E-state index contributed by atoms with van der Waals surface area (Å²) in [6, 6.07) is 2.81. The average molecular weight is 364 g/mol. The van der Waals surface area contributed by atoms with Gasteiger partial charge in [0.15, 0.2) is 22.9 Å². The standard InChI is InChI=1S/C18H15F2NO5/c1-9-15(17(23)25-3)16(18(24)26-4)13(21(9)2)8-14(22)10-5-6-11(19)12(20)7-10/h5-8H,2H2,1,3-4H3/p+1. The molecule has 0 bridgehead atoms. The fourth-order valence-corrected chi connectivity index (χ4v) is 2.44. The summed E-state index contributed by atoms with van der Waals surface area (Å²) in [5.41, 5.74) is 0.0661. The van der Waals surface area contributed by atoms with Gasteiger partial charge < -0.3 is 14.6 Å². The Balaban J connectivity index is 2.63. The second-order valence-electron chi connectivity index (χ2n) is 5.29. The van der Waals surface area contributed by atoms with Gasteiger partial charge in [-0.15, -0.1) is 0 Å². The summed E-state index contributed by atoms with van der Waals surface area (Å²) in [5.74, 6) is -4.31. The molecule has 26 heavy (non-hydrogen) atoms. The Morgan fingerprint density at radius 1 is 1.12 bits per heavy atom. The van der Waals surface area contributed by atoms with E-state index in [0.29, 0.717) is 5.70 Å². The minimum atomic E-state index is -1.15. The van der Waals surface area contributed by atoms with Crippen molar-refractivity contribution in [3.05, 3.63) is 64.0 Å². The van der Waals surface area contributed by atoms with Crippen molar-refractivity contribution in [3.63, 3.8) is 0 Å². The molecule has 6 nitrogen and oxygen atoms in total. The summed E-state index contributed by atoms with van der Waals surface area (Å²) in [4.78, 5) is 24.2. The molecule has 1 heterocycles. The first-order valence-corrected chi connectivity index (χ1v) is 7.31. The number of nitrogens with zero attached hydrogens (tertiary/aromatic N) is 1. The summed E-state index contributed by atoms with van der Waals surface area (Å²) in [5, 5.41) is 10.3. The molecule has 0 atom stereocenters. The SMILES string of the molecule is C=[N+]1C(C)=C(C(=O)OC)C(C(=O)OC)=C1/C=C(\O)c1ccc(F)c(F)c1. The van der Waals surface area contributed by atoms with Crippen LogP contribution in [0.25, 0.3) is 5.76 Å². The van der Waals surface area contributed by atoms with Gasteiger partial charge in [-0.25, -0.2) is 18.4 Å². The average Bonchev–Trinajstić information content (AvgIpc) is 2.87. The van der Waals surface area contributed by atoms with Gasteiger partial charge >= 0.3 is 11.9 Å². The van der Waals surface area contributed by atoms with Crippen molar-refractivity contribution in [2.75, 3.05) is 14.2 Å². The Morgan fingerprint density at radius 2 is 1.69 bits per heavy atom. The number of allylic oxidation sites excluding steroid dienone is 2. The van der Waals surface area contributed by atoms with Crippen molar-refractivity contribution in [1.82, 2.24) is 0 Å². The van der Waals surface area contributed by atoms with Crippen molar-refractivity contribution in [3.8, 4) is 0 Å². The number of hydrogen-bond donors (Lipinski definition) is 1. The molecule has 136 valence electrons. The number of carbonyl (C=O) groups is 2. The number of methoxy groups -OCH3 is 2. The Morgan fingerprint density at radius 3 is 2.23 bits per heavy atom. The van der Waals surface area contributed by atoms with Gasteiger partial charge in [0, 0.05) is 12.5 Å². The van der Waals surface area contributed by atoms with E-state index in [1.165, 1.54) is 11.5 Å². The lowest BCUT2D eigenvalue weighted by atomic mass is 10.0. The molecule has 1 aliphatic heterocycles. The van der Waals surface area contributed by atoms with Crippen LogP contribution in [0.1, 0.15) is 12.5 Å². The van der Waals surface area contributed by atoms with Gasteiger partial charge in [0.2, 0.25) is 5.70 Å². The van der Waals surface area contributed by atoms with Crippen LogP contribution in [-0.4, -0.2) is 42.6 Å². The van der Waals surface area contributed by atoms with Crippen molar-refractivity contribution in [2.45, 2.75) is 6.92 Å². The molecule has 0 saturated heterocycles. The predicted octanol–water partition coefficient (Wildman–Crippen LogP) is 2.46. The number of rotatable bonds is 4. The molecule has 1 aromatic carbocycles. The normalized spacial score (nSPS) is 14.8. The van der Waals surface area contributed by atoms with E-state index in [9.17, 15) is 23.5 Å². The molecule has 0 unspecified atom stereocenters. The number of halogens is 2. The largest absolute Gasteiger partial charge is 0.507 e. The number of aliphatic hydroxyl groups excluding tert-OH is 1. The Labute approximate surface area is 148 Å². The lowest BCUT2D eigenvalue weighted by Gasteiger charge is -2.03. The van der Waals surface area contributed by atoms with Crippen LogP contribution in [0.5, 0.6) is 0 Å². The van der Waals surface area contributed by atoms with E-state index in [1.54, 1.807) is 0 Å². The van der Waals surface area contributed by atoms with Crippen molar-refractivity contribution in [2.24, 2.45) is 0 Å². The van der Waals surface area contributed by atoms with Gasteiger partial charge in [-0.05, 0) is 18.2 Å². The van der Waals surface area contributed by atoms with Crippen LogP contribution >= 0.6 is 0 Å². The number of esters is 2. The maximum absolute atomic E-state index is 13.4. The van der Waals surface area contributed by atoms with E-state index >= 15 is 0 Å². The maximum Gasteiger partial charge on any atom is 0.345 e. The summed E-state index contributed by atoms with van der Waals surface area (Å²) in [7, 11) is 2.28. The highest BCUT2D eigenvalue weighted by Crippen LogP contribution is 2.32. The zero-order chi connectivity index (χ0) is 19.6. The highest BCUT2D eigenvalue weighted by Gasteiger charge is 2.42. The molecule has 1 N–H and O–H groups in total. The van der Waals surface area contributed by atoms with Crippen LogP contribution in [-0.2, 0) is 19.1 Å². The lowest BCUT2D eigenvalue weighted by Crippen LogP contribution is -2.14. The first-order chi connectivity index (χ1) is 12.2. The summed E-state index contributed by atoms with van der Waals surface area (Å²) < 4.78 is 37.0. The molecule has 8 heteroatoms. The molecule has 0 radical (unpaired) electrons. The zero-order valence-electron chi connectivity index (χ0n) is 14.3. The van der Waals surface area contributed by atoms with Crippen molar-refractivity contribution < 1.29 is 37.5 Å². The van der Waals surface area contributed by atoms with Crippen LogP contribution in [0, 0.1) is 11.6 Å². The van der Waals surface area contributed by atoms with Crippen molar-refractivity contribution in [1.29, 1.82) is 0 Å². The topological polar surface area (TPSA) is 75.8 Å². The molecule has 0 saturated carbocycles. The maximum atomic E-state index is 13.4. The highest BCUT2D eigenvalue weighted by atomic mass is 19.2. The second kappa shape index (κ2) is 7.30. The van der Waals surface area contributed by atoms with Crippen LogP contribution in [0.4, 0.5) is 8.78 Å². The zero-order valence-corrected chi connectivity index (χ0v) is 14.3. The summed E-state index contributed by atoms with van der Waals surface area (Å²) in [6.45, 7) is 5.25. The van der Waals surface area contributed by atoms with Gasteiger partial charge in [-0.2, -0.15) is 4.58 Å². The number of carbonyl (C=O) groups excluding carboxylic acids is 2. The monoisotopic (exact) mass is 364 g/mol. The third kappa shape index (κ3) is 3.26. The fourth-order valence-electron chi connectivity index (χ4n) is 2.44. The van der Waals surface area contributed by atoms with Gasteiger partial charge in [-0.3, -0.25) is 0 Å². The molecule has 0 amide bonds. The Hall–Kier alpha value is -3.29. The van der Waals surface area contributed by atoms with Crippen LogP contribution < -0.4 is 0 Å². The molecular weight excluding hydrogens is 348 g/mol. The van der Waals surface area contributed by atoms with Crippen LogP contribution in [0.3, 0.4) is 0 Å². The Bertz CT molecular complexity index is 912. The molecule has 0 spiro atoms. The first kappa shape index (κ1) is 19.0. The first-order valence-electron chi connectivity index (χ1n) is 7.31. The second-order valence-corrected chi connectivity index (χ2v) is 5.29. The molecule has 0 aromatic heterocycles. The predicted molar refractivity (Wildman–Crippen MR) is 88.1 cm³/mol. The summed E-state index contributed by atoms with van der Waals surface area (Å²) in [6.07, 6.45) is 1.10. The van der Waals surface area contributed by atoms with E-state index in [1.807, 2.05) is 0 Å². The minimum absolute atomic E-state index is 0.0295. The molecule has 1 aromatic rings. The molecular formula is C18H16F2NO5+.